The second-order valence-corrected chi connectivity index (χ2v) is 8.32. The lowest BCUT2D eigenvalue weighted by atomic mass is 10.0. The highest BCUT2D eigenvalue weighted by Gasteiger charge is 2.37. The van der Waals surface area contributed by atoms with Crippen molar-refractivity contribution in [2.75, 3.05) is 6.54 Å². The van der Waals surface area contributed by atoms with Gasteiger partial charge in [-0.25, -0.2) is 4.79 Å². The zero-order valence-electron chi connectivity index (χ0n) is 17.6. The van der Waals surface area contributed by atoms with Gasteiger partial charge in [0.25, 0.3) is 0 Å². The second kappa shape index (κ2) is 8.38. The average molecular weight is 447 g/mol. The summed E-state index contributed by atoms with van der Waals surface area (Å²) < 4.78 is 7.33. The molecule has 168 valence electrons. The number of rotatable bonds is 6. The van der Waals surface area contributed by atoms with Crippen molar-refractivity contribution in [1.29, 1.82) is 5.26 Å². The van der Waals surface area contributed by atoms with Crippen molar-refractivity contribution in [3.8, 4) is 17.5 Å². The number of carbonyl (C=O) groups is 2. The molecule has 0 radical (unpaired) electrons. The van der Waals surface area contributed by atoms with Crippen LogP contribution >= 0.6 is 0 Å². The Morgan fingerprint density at radius 3 is 2.85 bits per heavy atom. The first-order valence-electron chi connectivity index (χ1n) is 10.7. The maximum atomic E-state index is 12.8. The Kier molecular flexibility index (Phi) is 5.26. The van der Waals surface area contributed by atoms with Crippen LogP contribution in [0.3, 0.4) is 0 Å². The summed E-state index contributed by atoms with van der Waals surface area (Å²) in [5, 5.41) is 33.6. The number of likely N-dealkylation sites (tertiary alicyclic amines) is 1. The smallest absolute Gasteiger partial charge is 0.407 e. The van der Waals surface area contributed by atoms with E-state index in [1.807, 2.05) is 6.07 Å². The van der Waals surface area contributed by atoms with E-state index in [2.05, 4.69) is 26.7 Å². The molecule has 3 heterocycles. The van der Waals surface area contributed by atoms with Gasteiger partial charge in [-0.05, 0) is 48.9 Å². The van der Waals surface area contributed by atoms with Crippen molar-refractivity contribution < 1.29 is 19.1 Å². The molecule has 33 heavy (non-hydrogen) atoms. The summed E-state index contributed by atoms with van der Waals surface area (Å²) in [7, 11) is 0. The summed E-state index contributed by atoms with van der Waals surface area (Å²) in [4.78, 5) is 25.7. The summed E-state index contributed by atoms with van der Waals surface area (Å²) in [6, 6.07) is 8.52. The van der Waals surface area contributed by atoms with Crippen molar-refractivity contribution in [2.45, 2.75) is 43.8 Å². The highest BCUT2D eigenvalue weighted by molar-refractivity contribution is 5.90. The molecule has 2 aliphatic rings. The van der Waals surface area contributed by atoms with Crippen LogP contribution in [0.2, 0.25) is 0 Å². The van der Waals surface area contributed by atoms with Gasteiger partial charge in [-0.1, -0.05) is 6.07 Å². The molecular formula is C22H21N7O4. The second-order valence-electron chi connectivity index (χ2n) is 8.32. The minimum Gasteiger partial charge on any atom is -0.465 e. The first-order valence-corrected chi connectivity index (χ1v) is 10.7. The molecule has 2 aromatic heterocycles. The van der Waals surface area contributed by atoms with Crippen LogP contribution in [-0.4, -0.2) is 60.6 Å². The van der Waals surface area contributed by atoms with E-state index in [0.717, 1.165) is 18.4 Å². The van der Waals surface area contributed by atoms with Gasteiger partial charge in [-0.3, -0.25) is 9.48 Å². The van der Waals surface area contributed by atoms with Crippen LogP contribution < -0.4 is 5.32 Å². The number of nitrogens with one attached hydrogen (secondary N) is 1. The van der Waals surface area contributed by atoms with E-state index >= 15 is 0 Å². The SMILES string of the molecule is N#Cc1ccc(C2CC2)c(-c2nnc(C(=O)N[C@@H]3C[C@@H](Cn4cccn4)N(C(=O)O)C3)o2)c1. The molecule has 2 N–H and O–H groups in total. The summed E-state index contributed by atoms with van der Waals surface area (Å²) >= 11 is 0. The highest BCUT2D eigenvalue weighted by Crippen LogP contribution is 2.44. The quantitative estimate of drug-likeness (QED) is 0.584. The Morgan fingerprint density at radius 2 is 2.15 bits per heavy atom. The number of hydrogen-bond donors (Lipinski definition) is 2. The fourth-order valence-electron chi connectivity index (χ4n) is 4.29. The number of aromatic nitrogens is 4. The van der Waals surface area contributed by atoms with Crippen molar-refractivity contribution in [2.24, 2.45) is 0 Å². The predicted octanol–water partition coefficient (Wildman–Crippen LogP) is 2.23. The minimum atomic E-state index is -1.05. The monoisotopic (exact) mass is 447 g/mol. The van der Waals surface area contributed by atoms with Crippen LogP contribution in [0.25, 0.3) is 11.5 Å². The van der Waals surface area contributed by atoms with Crippen LogP contribution in [0.4, 0.5) is 4.79 Å². The number of amides is 2. The van der Waals surface area contributed by atoms with Gasteiger partial charge in [-0.2, -0.15) is 10.4 Å². The number of nitrogens with zero attached hydrogens (tertiary/aromatic N) is 6. The third-order valence-electron chi connectivity index (χ3n) is 6.00. The maximum absolute atomic E-state index is 12.8. The molecule has 2 atom stereocenters. The van der Waals surface area contributed by atoms with Gasteiger partial charge in [0, 0.05) is 30.5 Å². The Hall–Kier alpha value is -4.20. The molecule has 2 fully saturated rings. The predicted molar refractivity (Wildman–Crippen MR) is 113 cm³/mol. The molecule has 11 heteroatoms. The summed E-state index contributed by atoms with van der Waals surface area (Å²) in [6.45, 7) is 0.555. The Bertz CT molecular complexity index is 1230. The van der Waals surface area contributed by atoms with E-state index in [1.54, 1.807) is 35.3 Å². The Labute approximate surface area is 188 Å². The van der Waals surface area contributed by atoms with Crippen molar-refractivity contribution >= 4 is 12.0 Å². The number of benzene rings is 1. The van der Waals surface area contributed by atoms with Crippen molar-refractivity contribution in [3.05, 3.63) is 53.7 Å². The van der Waals surface area contributed by atoms with Crippen molar-refractivity contribution in [3.63, 3.8) is 0 Å². The zero-order valence-corrected chi connectivity index (χ0v) is 17.6. The fraction of sp³-hybridized carbons (Fsp3) is 0.364. The van der Waals surface area contributed by atoms with Crippen LogP contribution in [-0.2, 0) is 6.54 Å². The molecule has 5 rings (SSSR count). The molecule has 0 spiro atoms. The summed E-state index contributed by atoms with van der Waals surface area (Å²) in [5.74, 6) is -0.182. The molecule has 2 amide bonds. The van der Waals surface area contributed by atoms with E-state index in [0.29, 0.717) is 30.0 Å². The zero-order chi connectivity index (χ0) is 22.9. The molecule has 1 aliphatic heterocycles. The topological polar surface area (TPSA) is 150 Å². The molecule has 0 bridgehead atoms. The fourth-order valence-corrected chi connectivity index (χ4v) is 4.29. The van der Waals surface area contributed by atoms with Gasteiger partial charge < -0.3 is 19.7 Å². The lowest BCUT2D eigenvalue weighted by Crippen LogP contribution is -2.39. The third kappa shape index (κ3) is 4.27. The van der Waals surface area contributed by atoms with Gasteiger partial charge in [0.1, 0.15) is 0 Å². The highest BCUT2D eigenvalue weighted by atomic mass is 16.4. The lowest BCUT2D eigenvalue weighted by molar-refractivity contribution is 0.0901. The van der Waals surface area contributed by atoms with Crippen LogP contribution in [0.15, 0.2) is 41.1 Å². The van der Waals surface area contributed by atoms with Gasteiger partial charge >= 0.3 is 17.9 Å². The molecular weight excluding hydrogens is 426 g/mol. The number of carbonyl (C=O) groups excluding carboxylic acids is 1. The molecule has 1 saturated carbocycles. The van der Waals surface area contributed by atoms with Crippen molar-refractivity contribution in [1.82, 2.24) is 30.2 Å². The maximum Gasteiger partial charge on any atom is 0.407 e. The molecule has 1 aromatic carbocycles. The van der Waals surface area contributed by atoms with Gasteiger partial charge in [-0.15, -0.1) is 10.2 Å². The normalized spacial score (nSPS) is 19.9. The first-order chi connectivity index (χ1) is 16.0. The summed E-state index contributed by atoms with van der Waals surface area (Å²) in [6.07, 6.45) is 4.91. The molecule has 1 aliphatic carbocycles. The Morgan fingerprint density at radius 1 is 1.30 bits per heavy atom. The molecule has 3 aromatic rings. The molecule has 11 nitrogen and oxygen atoms in total. The first kappa shape index (κ1) is 20.7. The minimum absolute atomic E-state index is 0.157. The Balaban J connectivity index is 1.30. The van der Waals surface area contributed by atoms with Crippen LogP contribution in [0, 0.1) is 11.3 Å². The summed E-state index contributed by atoms with van der Waals surface area (Å²) in [5.41, 5.74) is 2.17. The number of nitriles is 1. The van der Waals surface area contributed by atoms with Crippen LogP contribution in [0.5, 0.6) is 0 Å². The number of hydrogen-bond acceptors (Lipinski definition) is 7. The molecule has 0 unspecified atom stereocenters. The van der Waals surface area contributed by atoms with Gasteiger partial charge in [0.15, 0.2) is 0 Å². The van der Waals surface area contributed by atoms with E-state index in [-0.39, 0.29) is 24.4 Å². The van der Waals surface area contributed by atoms with E-state index in [1.165, 1.54) is 4.90 Å². The van der Waals surface area contributed by atoms with Gasteiger partial charge in [0.2, 0.25) is 5.89 Å². The lowest BCUT2D eigenvalue weighted by Gasteiger charge is -2.20. The molecule has 1 saturated heterocycles. The van der Waals surface area contributed by atoms with E-state index in [9.17, 15) is 20.0 Å². The van der Waals surface area contributed by atoms with E-state index in [4.69, 9.17) is 4.42 Å². The standard InChI is InChI=1S/C22H21N7O4/c23-10-13-2-5-17(14-3-4-14)18(8-13)20-26-27-21(33-20)19(30)25-15-9-16(29(11-15)22(31)32)12-28-7-1-6-24-28/h1-2,5-8,14-16H,3-4,9,11-12H2,(H,25,30)(H,31,32)/t15-,16+/m1/s1. The van der Waals surface area contributed by atoms with Crippen LogP contribution in [0.1, 0.15) is 47.0 Å². The number of carboxylic acid groups (broad SMARTS) is 1. The third-order valence-corrected chi connectivity index (χ3v) is 6.00. The van der Waals surface area contributed by atoms with E-state index < -0.39 is 18.0 Å². The average Bonchev–Trinajstić information content (AvgIpc) is 3.18. The largest absolute Gasteiger partial charge is 0.465 e. The van der Waals surface area contributed by atoms with Gasteiger partial charge in [0.05, 0.1) is 24.2 Å².